The van der Waals surface area contributed by atoms with Crippen LogP contribution in [0.1, 0.15) is 41.4 Å². The number of aryl methyl sites for hydroxylation is 1. The van der Waals surface area contributed by atoms with E-state index in [1.807, 2.05) is 6.07 Å². The van der Waals surface area contributed by atoms with E-state index in [-0.39, 0.29) is 24.0 Å². The van der Waals surface area contributed by atoms with Gasteiger partial charge in [-0.3, -0.25) is 19.8 Å². The number of nitrogens with zero attached hydrogens (tertiary/aromatic N) is 1. The highest BCUT2D eigenvalue weighted by molar-refractivity contribution is 7.10. The summed E-state index contributed by atoms with van der Waals surface area (Å²) in [6.45, 7) is 2.08. The van der Waals surface area contributed by atoms with E-state index in [2.05, 4.69) is 12.3 Å². The van der Waals surface area contributed by atoms with Gasteiger partial charge in [-0.25, -0.2) is 0 Å². The fourth-order valence-electron chi connectivity index (χ4n) is 3.87. The van der Waals surface area contributed by atoms with Crippen molar-refractivity contribution >= 4 is 29.1 Å². The Morgan fingerprint density at radius 1 is 1.30 bits per heavy atom. The molecule has 1 aromatic rings. The fraction of sp³-hybridized carbons (Fsp3) is 0.562. The van der Waals surface area contributed by atoms with Gasteiger partial charge < -0.3 is 4.74 Å². The molecule has 6 nitrogen and oxygen atoms in total. The zero-order valence-electron chi connectivity index (χ0n) is 12.8. The zero-order valence-corrected chi connectivity index (χ0v) is 13.6. The van der Waals surface area contributed by atoms with E-state index < -0.39 is 17.7 Å². The third-order valence-corrected chi connectivity index (χ3v) is 5.91. The van der Waals surface area contributed by atoms with Gasteiger partial charge in [-0.15, -0.1) is 11.3 Å². The Morgan fingerprint density at radius 3 is 2.57 bits per heavy atom. The summed E-state index contributed by atoms with van der Waals surface area (Å²) in [5.74, 6) is -1.90. The number of nitrogens with one attached hydrogen (secondary N) is 1. The summed E-state index contributed by atoms with van der Waals surface area (Å²) in [7, 11) is 0. The molecule has 122 valence electrons. The van der Waals surface area contributed by atoms with Crippen LogP contribution in [0.25, 0.3) is 0 Å². The molecule has 7 heteroatoms. The normalized spacial score (nSPS) is 31.8. The van der Waals surface area contributed by atoms with Gasteiger partial charge in [0.25, 0.3) is 17.7 Å². The first-order valence-electron chi connectivity index (χ1n) is 8.01. The summed E-state index contributed by atoms with van der Waals surface area (Å²) in [6.07, 6.45) is 3.23. The first-order valence-corrected chi connectivity index (χ1v) is 8.89. The van der Waals surface area contributed by atoms with Crippen molar-refractivity contribution in [3.63, 3.8) is 0 Å². The fourth-order valence-corrected chi connectivity index (χ4v) is 4.84. The molecule has 0 saturated carbocycles. The molecule has 1 N–H and O–H groups in total. The minimum Gasteiger partial charge on any atom is -0.373 e. The van der Waals surface area contributed by atoms with E-state index in [0.717, 1.165) is 35.6 Å². The van der Waals surface area contributed by atoms with Crippen molar-refractivity contribution in [2.24, 2.45) is 11.8 Å². The SMILES string of the molecule is CCCc1cc(C(=O)NN2C(=O)[C@H]3[C@H](C2=O)[C@H]2CC[C@H]3O2)cs1. The predicted octanol–water partition coefficient (Wildman–Crippen LogP) is 1.51. The second-order valence-electron chi connectivity index (χ2n) is 6.35. The van der Waals surface area contributed by atoms with E-state index >= 15 is 0 Å². The summed E-state index contributed by atoms with van der Waals surface area (Å²) >= 11 is 1.52. The smallest absolute Gasteiger partial charge is 0.271 e. The van der Waals surface area contributed by atoms with Gasteiger partial charge in [-0.1, -0.05) is 13.3 Å². The van der Waals surface area contributed by atoms with Gasteiger partial charge in [0.05, 0.1) is 29.6 Å². The van der Waals surface area contributed by atoms with Gasteiger partial charge in [-0.05, 0) is 25.3 Å². The lowest BCUT2D eigenvalue weighted by molar-refractivity contribution is -0.145. The molecule has 0 spiro atoms. The number of amides is 3. The van der Waals surface area contributed by atoms with Crippen molar-refractivity contribution in [3.8, 4) is 0 Å². The van der Waals surface area contributed by atoms with Crippen molar-refractivity contribution < 1.29 is 19.1 Å². The molecule has 4 atom stereocenters. The van der Waals surface area contributed by atoms with Crippen LogP contribution in [0.5, 0.6) is 0 Å². The van der Waals surface area contributed by atoms with Gasteiger partial charge in [0.1, 0.15) is 0 Å². The van der Waals surface area contributed by atoms with Crippen LogP contribution in [0.15, 0.2) is 11.4 Å². The van der Waals surface area contributed by atoms with E-state index in [1.165, 1.54) is 11.3 Å². The van der Waals surface area contributed by atoms with E-state index in [1.54, 1.807) is 5.38 Å². The molecular weight excluding hydrogens is 316 g/mol. The van der Waals surface area contributed by atoms with Crippen molar-refractivity contribution in [1.29, 1.82) is 0 Å². The molecule has 3 aliphatic rings. The van der Waals surface area contributed by atoms with E-state index in [4.69, 9.17) is 4.74 Å². The van der Waals surface area contributed by atoms with Crippen LogP contribution in [-0.4, -0.2) is 34.9 Å². The second kappa shape index (κ2) is 5.42. The lowest BCUT2D eigenvalue weighted by Crippen LogP contribution is -2.47. The lowest BCUT2D eigenvalue weighted by Gasteiger charge is -2.17. The molecule has 3 aliphatic heterocycles. The molecule has 2 bridgehead atoms. The van der Waals surface area contributed by atoms with Crippen LogP contribution >= 0.6 is 11.3 Å². The molecule has 0 aliphatic carbocycles. The Hall–Kier alpha value is -1.73. The van der Waals surface area contributed by atoms with E-state index in [0.29, 0.717) is 5.56 Å². The number of hydrogen-bond acceptors (Lipinski definition) is 5. The molecule has 3 fully saturated rings. The molecular formula is C16H18N2O4S. The number of fused-ring (bicyclic) bond motifs is 5. The first-order chi connectivity index (χ1) is 11.1. The van der Waals surface area contributed by atoms with Crippen LogP contribution in [0.3, 0.4) is 0 Å². The van der Waals surface area contributed by atoms with Crippen LogP contribution in [0, 0.1) is 11.8 Å². The lowest BCUT2D eigenvalue weighted by atomic mass is 9.81. The maximum atomic E-state index is 12.5. The van der Waals surface area contributed by atoms with Crippen molar-refractivity contribution in [1.82, 2.24) is 10.4 Å². The van der Waals surface area contributed by atoms with Crippen LogP contribution < -0.4 is 5.43 Å². The topological polar surface area (TPSA) is 75.7 Å². The van der Waals surface area contributed by atoms with Gasteiger partial charge >= 0.3 is 0 Å². The number of imide groups is 1. The average molecular weight is 334 g/mol. The molecule has 0 unspecified atom stereocenters. The molecule has 3 saturated heterocycles. The number of ether oxygens (including phenoxy) is 1. The third-order valence-electron chi connectivity index (χ3n) is 4.91. The van der Waals surface area contributed by atoms with Crippen molar-refractivity contribution in [3.05, 3.63) is 21.9 Å². The van der Waals surface area contributed by atoms with Crippen LogP contribution in [0.2, 0.25) is 0 Å². The highest BCUT2D eigenvalue weighted by Crippen LogP contribution is 2.48. The molecule has 3 amide bonds. The van der Waals surface area contributed by atoms with E-state index in [9.17, 15) is 14.4 Å². The van der Waals surface area contributed by atoms with Crippen molar-refractivity contribution in [2.45, 2.75) is 44.8 Å². The minimum atomic E-state index is -0.417. The maximum absolute atomic E-state index is 12.5. The maximum Gasteiger partial charge on any atom is 0.271 e. The Balaban J connectivity index is 1.49. The summed E-state index contributed by atoms with van der Waals surface area (Å²) < 4.78 is 5.67. The molecule has 23 heavy (non-hydrogen) atoms. The molecule has 4 rings (SSSR count). The molecule has 4 heterocycles. The summed E-state index contributed by atoms with van der Waals surface area (Å²) in [5, 5.41) is 2.68. The molecule has 1 aromatic heterocycles. The number of carbonyl (C=O) groups is 3. The standard InChI is InChI=1S/C16H18N2O4S/c1-2-3-9-6-8(7-23-9)14(19)17-18-15(20)12-10-4-5-11(22-10)13(12)16(18)21/h6-7,10-13H,2-5H2,1H3,(H,17,19)/t10-,11-,12-,13-/m1/s1. The number of thiophene rings is 1. The quantitative estimate of drug-likeness (QED) is 0.847. The monoisotopic (exact) mass is 334 g/mol. The number of rotatable bonds is 4. The van der Waals surface area contributed by atoms with Crippen molar-refractivity contribution in [2.75, 3.05) is 0 Å². The number of hydrazine groups is 1. The van der Waals surface area contributed by atoms with Gasteiger partial charge in [-0.2, -0.15) is 5.01 Å². The number of carbonyl (C=O) groups excluding carboxylic acids is 3. The highest BCUT2D eigenvalue weighted by Gasteiger charge is 2.62. The Labute approximate surface area is 137 Å². The summed E-state index contributed by atoms with van der Waals surface area (Å²) in [4.78, 5) is 38.4. The first kappa shape index (κ1) is 14.8. The summed E-state index contributed by atoms with van der Waals surface area (Å²) in [5.41, 5.74) is 2.99. The minimum absolute atomic E-state index is 0.166. The second-order valence-corrected chi connectivity index (χ2v) is 7.34. The van der Waals surface area contributed by atoms with Crippen LogP contribution in [-0.2, 0) is 20.7 Å². The zero-order chi connectivity index (χ0) is 16.1. The Kier molecular flexibility index (Phi) is 3.50. The molecule has 0 radical (unpaired) electrons. The third kappa shape index (κ3) is 2.21. The van der Waals surface area contributed by atoms with Gasteiger partial charge in [0, 0.05) is 10.3 Å². The van der Waals surface area contributed by atoms with Gasteiger partial charge in [0.2, 0.25) is 0 Å². The number of hydrogen-bond donors (Lipinski definition) is 1. The van der Waals surface area contributed by atoms with Gasteiger partial charge in [0.15, 0.2) is 0 Å². The Bertz CT molecular complexity index is 657. The highest BCUT2D eigenvalue weighted by atomic mass is 32.1. The predicted molar refractivity (Wildman–Crippen MR) is 82.5 cm³/mol. The Morgan fingerprint density at radius 2 is 1.96 bits per heavy atom. The molecule has 0 aromatic carbocycles. The summed E-state index contributed by atoms with van der Waals surface area (Å²) in [6, 6.07) is 1.82. The van der Waals surface area contributed by atoms with Crippen LogP contribution in [0.4, 0.5) is 0 Å². The largest absolute Gasteiger partial charge is 0.373 e. The average Bonchev–Trinajstić information content (AvgIpc) is 3.28.